The van der Waals surface area contributed by atoms with E-state index in [9.17, 15) is 9.59 Å². The molecule has 1 aromatic heterocycles. The quantitative estimate of drug-likeness (QED) is 0.784. The topological polar surface area (TPSA) is 79.3 Å². The molecule has 0 saturated heterocycles. The van der Waals surface area contributed by atoms with Gasteiger partial charge in [0.1, 0.15) is 6.04 Å². The first-order valence-electron chi connectivity index (χ1n) is 6.46. The van der Waals surface area contributed by atoms with Crippen molar-refractivity contribution in [1.82, 2.24) is 10.3 Å². The monoisotopic (exact) mass is 264 g/mol. The summed E-state index contributed by atoms with van der Waals surface area (Å²) < 4.78 is 0. The van der Waals surface area contributed by atoms with Gasteiger partial charge in [-0.3, -0.25) is 9.78 Å². The molecule has 0 aliphatic carbocycles. The van der Waals surface area contributed by atoms with Crippen molar-refractivity contribution in [2.45, 2.75) is 39.2 Å². The van der Waals surface area contributed by atoms with Crippen LogP contribution >= 0.6 is 0 Å². The maximum Gasteiger partial charge on any atom is 0.326 e. The number of hydrogen-bond donors (Lipinski definition) is 2. The summed E-state index contributed by atoms with van der Waals surface area (Å²) in [4.78, 5) is 27.0. The second-order valence-electron chi connectivity index (χ2n) is 4.59. The largest absolute Gasteiger partial charge is 0.480 e. The molecule has 0 spiro atoms. The van der Waals surface area contributed by atoms with Crippen LogP contribution in [0.1, 0.15) is 32.4 Å². The van der Waals surface area contributed by atoms with Gasteiger partial charge in [0.05, 0.1) is 0 Å². The number of nitrogens with zero attached hydrogens (tertiary/aromatic N) is 1. The number of pyridine rings is 1. The highest BCUT2D eigenvalue weighted by molar-refractivity contribution is 5.83. The number of aliphatic carboxylic acids is 1. The standard InChI is InChI=1S/C14H20N2O3/c1-3-10(2)13(14(18)19)16-12(17)8-7-11-6-4-5-9-15-11/h4-6,9-10,13H,3,7-8H2,1-2H3,(H,16,17)(H,18,19)/t10?,13-/m0/s1. The van der Waals surface area contributed by atoms with Crippen LogP contribution in [0.5, 0.6) is 0 Å². The zero-order valence-electron chi connectivity index (χ0n) is 11.3. The summed E-state index contributed by atoms with van der Waals surface area (Å²) in [5.41, 5.74) is 0.827. The van der Waals surface area contributed by atoms with Gasteiger partial charge < -0.3 is 10.4 Å². The minimum atomic E-state index is -0.986. The predicted octanol–water partition coefficient (Wildman–Crippen LogP) is 1.63. The van der Waals surface area contributed by atoms with Crippen LogP contribution in [0.2, 0.25) is 0 Å². The van der Waals surface area contributed by atoms with Crippen molar-refractivity contribution < 1.29 is 14.7 Å². The van der Waals surface area contributed by atoms with Gasteiger partial charge in [0.15, 0.2) is 0 Å². The van der Waals surface area contributed by atoms with Gasteiger partial charge in [-0.2, -0.15) is 0 Å². The molecule has 0 aromatic carbocycles. The van der Waals surface area contributed by atoms with Crippen LogP contribution in [0.3, 0.4) is 0 Å². The first-order valence-corrected chi connectivity index (χ1v) is 6.46. The van der Waals surface area contributed by atoms with Crippen molar-refractivity contribution >= 4 is 11.9 Å². The minimum Gasteiger partial charge on any atom is -0.480 e. The fraction of sp³-hybridized carbons (Fsp3) is 0.500. The van der Waals surface area contributed by atoms with E-state index in [1.165, 1.54) is 0 Å². The Morgan fingerprint density at radius 3 is 2.68 bits per heavy atom. The van der Waals surface area contributed by atoms with E-state index in [1.807, 2.05) is 32.0 Å². The first kappa shape index (κ1) is 15.1. The molecule has 0 aliphatic rings. The van der Waals surface area contributed by atoms with Crippen LogP contribution < -0.4 is 5.32 Å². The Hall–Kier alpha value is -1.91. The van der Waals surface area contributed by atoms with Crippen LogP contribution in [0.4, 0.5) is 0 Å². The predicted molar refractivity (Wildman–Crippen MR) is 71.6 cm³/mol. The molecule has 1 rings (SSSR count). The van der Waals surface area contributed by atoms with Crippen molar-refractivity contribution in [3.63, 3.8) is 0 Å². The van der Waals surface area contributed by atoms with Gasteiger partial charge >= 0.3 is 5.97 Å². The zero-order valence-corrected chi connectivity index (χ0v) is 11.3. The van der Waals surface area contributed by atoms with Gasteiger partial charge in [-0.25, -0.2) is 4.79 Å². The number of carbonyl (C=O) groups excluding carboxylic acids is 1. The van der Waals surface area contributed by atoms with Gasteiger partial charge in [-0.15, -0.1) is 0 Å². The lowest BCUT2D eigenvalue weighted by atomic mass is 9.99. The molecule has 0 fully saturated rings. The van der Waals surface area contributed by atoms with E-state index in [2.05, 4.69) is 10.3 Å². The molecule has 1 heterocycles. The molecule has 0 aliphatic heterocycles. The summed E-state index contributed by atoms with van der Waals surface area (Å²) in [5, 5.41) is 11.7. The van der Waals surface area contributed by atoms with Crippen molar-refractivity contribution in [1.29, 1.82) is 0 Å². The third kappa shape index (κ3) is 5.07. The Kier molecular flexibility index (Phi) is 5.99. The van der Waals surface area contributed by atoms with Crippen LogP contribution in [-0.4, -0.2) is 28.0 Å². The van der Waals surface area contributed by atoms with Crippen molar-refractivity contribution in [3.05, 3.63) is 30.1 Å². The fourth-order valence-corrected chi connectivity index (χ4v) is 1.72. The molecular formula is C14H20N2O3. The summed E-state index contributed by atoms with van der Waals surface area (Å²) in [6.07, 6.45) is 3.14. The van der Waals surface area contributed by atoms with Gasteiger partial charge in [-0.1, -0.05) is 26.3 Å². The molecule has 104 valence electrons. The molecule has 0 radical (unpaired) electrons. The minimum absolute atomic E-state index is 0.0868. The van der Waals surface area contributed by atoms with Crippen LogP contribution in [0.25, 0.3) is 0 Å². The fourth-order valence-electron chi connectivity index (χ4n) is 1.72. The van der Waals surface area contributed by atoms with Crippen LogP contribution in [-0.2, 0) is 16.0 Å². The van der Waals surface area contributed by atoms with Gasteiger partial charge in [0.2, 0.25) is 5.91 Å². The van der Waals surface area contributed by atoms with E-state index in [0.717, 1.165) is 5.69 Å². The van der Waals surface area contributed by atoms with Crippen molar-refractivity contribution in [2.24, 2.45) is 5.92 Å². The molecule has 19 heavy (non-hydrogen) atoms. The van der Waals surface area contributed by atoms with E-state index in [4.69, 9.17) is 5.11 Å². The Bertz CT molecular complexity index is 420. The molecule has 0 saturated carbocycles. The zero-order chi connectivity index (χ0) is 14.3. The molecule has 1 unspecified atom stereocenters. The smallest absolute Gasteiger partial charge is 0.326 e. The lowest BCUT2D eigenvalue weighted by Gasteiger charge is -2.20. The van der Waals surface area contributed by atoms with Crippen LogP contribution in [0, 0.1) is 5.92 Å². The first-order chi connectivity index (χ1) is 9.04. The summed E-state index contributed by atoms with van der Waals surface area (Å²) in [7, 11) is 0. The Labute approximate surface area is 113 Å². The second-order valence-corrected chi connectivity index (χ2v) is 4.59. The van der Waals surface area contributed by atoms with Crippen LogP contribution in [0.15, 0.2) is 24.4 Å². The van der Waals surface area contributed by atoms with E-state index in [0.29, 0.717) is 12.8 Å². The molecule has 5 nitrogen and oxygen atoms in total. The molecule has 1 amide bonds. The lowest BCUT2D eigenvalue weighted by molar-refractivity contribution is -0.143. The number of amides is 1. The number of carboxylic acid groups (broad SMARTS) is 1. The number of hydrogen-bond acceptors (Lipinski definition) is 3. The molecule has 2 atom stereocenters. The average Bonchev–Trinajstić information content (AvgIpc) is 2.42. The van der Waals surface area contributed by atoms with E-state index in [1.54, 1.807) is 6.20 Å². The Morgan fingerprint density at radius 2 is 2.16 bits per heavy atom. The number of carboxylic acids is 1. The summed E-state index contributed by atoms with van der Waals surface area (Å²) >= 11 is 0. The SMILES string of the molecule is CCC(C)[C@H](NC(=O)CCc1ccccn1)C(=O)O. The highest BCUT2D eigenvalue weighted by Gasteiger charge is 2.24. The normalized spacial score (nSPS) is 13.6. The van der Waals surface area contributed by atoms with Gasteiger partial charge in [0, 0.05) is 18.3 Å². The highest BCUT2D eigenvalue weighted by Crippen LogP contribution is 2.08. The van der Waals surface area contributed by atoms with E-state index >= 15 is 0 Å². The van der Waals surface area contributed by atoms with Crippen molar-refractivity contribution in [3.8, 4) is 0 Å². The third-order valence-corrected chi connectivity index (χ3v) is 3.13. The van der Waals surface area contributed by atoms with Gasteiger partial charge in [-0.05, 0) is 24.5 Å². The summed E-state index contributed by atoms with van der Waals surface area (Å²) in [6, 6.07) is 4.70. The highest BCUT2D eigenvalue weighted by atomic mass is 16.4. The van der Waals surface area contributed by atoms with Gasteiger partial charge in [0.25, 0.3) is 0 Å². The molecule has 1 aromatic rings. The lowest BCUT2D eigenvalue weighted by Crippen LogP contribution is -2.45. The Balaban J connectivity index is 2.47. The van der Waals surface area contributed by atoms with E-state index < -0.39 is 12.0 Å². The van der Waals surface area contributed by atoms with Crippen molar-refractivity contribution in [2.75, 3.05) is 0 Å². The summed E-state index contributed by atoms with van der Waals surface area (Å²) in [6.45, 7) is 3.72. The Morgan fingerprint density at radius 1 is 1.42 bits per heavy atom. The molecular weight excluding hydrogens is 244 g/mol. The maximum atomic E-state index is 11.7. The number of nitrogens with one attached hydrogen (secondary N) is 1. The number of rotatable bonds is 7. The number of aromatic nitrogens is 1. The number of carbonyl (C=O) groups is 2. The summed E-state index contributed by atoms with van der Waals surface area (Å²) in [5.74, 6) is -1.32. The molecule has 2 N–H and O–H groups in total. The second kappa shape index (κ2) is 7.51. The maximum absolute atomic E-state index is 11.7. The molecule has 0 bridgehead atoms. The average molecular weight is 264 g/mol. The third-order valence-electron chi connectivity index (χ3n) is 3.13. The van der Waals surface area contributed by atoms with E-state index in [-0.39, 0.29) is 18.2 Å². The number of aryl methyl sites for hydroxylation is 1. The molecule has 5 heteroatoms.